The molecule has 0 unspecified atom stereocenters. The lowest BCUT2D eigenvalue weighted by atomic mass is 10.1. The van der Waals surface area contributed by atoms with Crippen molar-refractivity contribution < 1.29 is 14.4 Å². The number of carbonyl (C=O) groups is 1. The third-order valence-electron chi connectivity index (χ3n) is 4.03. The number of fused-ring (bicyclic) bond motifs is 1. The summed E-state index contributed by atoms with van der Waals surface area (Å²) >= 11 is 7.30. The predicted molar refractivity (Wildman–Crippen MR) is 97.3 cm³/mol. The summed E-state index contributed by atoms with van der Waals surface area (Å²) in [7, 11) is 0. The highest BCUT2D eigenvalue weighted by Crippen LogP contribution is 2.27. The minimum absolute atomic E-state index is 0.00340. The fourth-order valence-electron chi connectivity index (χ4n) is 2.78. The summed E-state index contributed by atoms with van der Waals surface area (Å²) in [5.74, 6) is -0.509. The third kappa shape index (κ3) is 3.05. The number of hydrogen-bond acceptors (Lipinski definition) is 6. The summed E-state index contributed by atoms with van der Waals surface area (Å²) in [5.41, 5.74) is 2.60. The van der Waals surface area contributed by atoms with E-state index in [1.165, 1.54) is 11.3 Å². The molecule has 0 bridgehead atoms. The number of aromatic nitrogens is 1. The first kappa shape index (κ1) is 16.6. The van der Waals surface area contributed by atoms with Gasteiger partial charge in [-0.2, -0.15) is 5.26 Å². The molecule has 1 atom stereocenters. The fraction of sp³-hybridized carbons (Fsp3) is 0.167. The molecular weight excluding hydrogens is 374 g/mol. The van der Waals surface area contributed by atoms with Gasteiger partial charge in [-0.3, -0.25) is 0 Å². The topological polar surface area (TPSA) is 76.1 Å². The SMILES string of the molecule is N#Cc1c(COC(=O)[C@H]2CC(c3ccc(Cl)s3)=NO2)cn2ccccc12. The van der Waals surface area contributed by atoms with Crippen molar-refractivity contribution in [3.63, 3.8) is 0 Å². The van der Waals surface area contributed by atoms with E-state index in [0.29, 0.717) is 27.6 Å². The lowest BCUT2D eigenvalue weighted by molar-refractivity contribution is -0.156. The molecular formula is C18H12ClN3O3S. The molecule has 0 fully saturated rings. The van der Waals surface area contributed by atoms with Crippen LogP contribution in [0.2, 0.25) is 4.34 Å². The molecule has 1 aliphatic rings. The van der Waals surface area contributed by atoms with Gasteiger partial charge in [0.15, 0.2) is 0 Å². The van der Waals surface area contributed by atoms with Crippen LogP contribution in [-0.2, 0) is 21.0 Å². The largest absolute Gasteiger partial charge is 0.458 e. The van der Waals surface area contributed by atoms with Crippen LogP contribution < -0.4 is 0 Å². The monoisotopic (exact) mass is 385 g/mol. The Labute approximate surface area is 157 Å². The van der Waals surface area contributed by atoms with Crippen LogP contribution >= 0.6 is 22.9 Å². The van der Waals surface area contributed by atoms with Gasteiger partial charge in [0, 0.05) is 24.4 Å². The van der Waals surface area contributed by atoms with Gasteiger partial charge in [0.2, 0.25) is 6.10 Å². The molecule has 4 heterocycles. The van der Waals surface area contributed by atoms with Crippen molar-refractivity contribution in [1.29, 1.82) is 5.26 Å². The number of ether oxygens (including phenoxy) is 1. The van der Waals surface area contributed by atoms with Crippen LogP contribution in [0, 0.1) is 11.3 Å². The maximum Gasteiger partial charge on any atom is 0.350 e. The van der Waals surface area contributed by atoms with Crippen LogP contribution in [0.1, 0.15) is 22.4 Å². The molecule has 0 saturated heterocycles. The standard InChI is InChI=1S/C18H12ClN3O3S/c19-17-5-4-16(26-17)13-7-15(25-21-13)18(23)24-10-11-9-22-6-2-1-3-14(22)12(11)8-20/h1-6,9,15H,7,10H2/t15-/m1/s1. The summed E-state index contributed by atoms with van der Waals surface area (Å²) < 4.78 is 7.83. The number of nitrogens with zero attached hydrogens (tertiary/aromatic N) is 3. The van der Waals surface area contributed by atoms with E-state index in [-0.39, 0.29) is 6.61 Å². The lowest BCUT2D eigenvalue weighted by Crippen LogP contribution is -2.23. The van der Waals surface area contributed by atoms with Gasteiger partial charge in [-0.15, -0.1) is 11.3 Å². The summed E-state index contributed by atoms with van der Waals surface area (Å²) in [6, 6.07) is 11.3. The predicted octanol–water partition coefficient (Wildman–Crippen LogP) is 3.76. The molecule has 0 aliphatic carbocycles. The fourth-order valence-corrected chi connectivity index (χ4v) is 3.81. The molecule has 1 aliphatic heterocycles. The average Bonchev–Trinajstić information content (AvgIpc) is 3.36. The van der Waals surface area contributed by atoms with Crippen LogP contribution in [0.5, 0.6) is 0 Å². The van der Waals surface area contributed by atoms with Gasteiger partial charge in [0.05, 0.1) is 20.3 Å². The summed E-state index contributed by atoms with van der Waals surface area (Å²) in [5, 5.41) is 13.3. The van der Waals surface area contributed by atoms with Gasteiger partial charge in [-0.1, -0.05) is 22.8 Å². The van der Waals surface area contributed by atoms with Crippen molar-refractivity contribution >= 4 is 40.1 Å². The third-order valence-corrected chi connectivity index (χ3v) is 5.31. The smallest absolute Gasteiger partial charge is 0.350 e. The Morgan fingerprint density at radius 2 is 2.35 bits per heavy atom. The number of thiophene rings is 1. The molecule has 0 amide bonds. The van der Waals surface area contributed by atoms with E-state index in [1.54, 1.807) is 12.3 Å². The van der Waals surface area contributed by atoms with Crippen molar-refractivity contribution in [2.75, 3.05) is 0 Å². The Kier molecular flexibility index (Phi) is 4.37. The van der Waals surface area contributed by atoms with Gasteiger partial charge >= 0.3 is 5.97 Å². The van der Waals surface area contributed by atoms with E-state index in [4.69, 9.17) is 21.2 Å². The van der Waals surface area contributed by atoms with Gasteiger partial charge in [-0.25, -0.2) is 4.79 Å². The van der Waals surface area contributed by atoms with E-state index < -0.39 is 12.1 Å². The second-order valence-electron chi connectivity index (χ2n) is 5.68. The second-order valence-corrected chi connectivity index (χ2v) is 7.40. The Morgan fingerprint density at radius 3 is 3.12 bits per heavy atom. The Hall–Kier alpha value is -2.82. The maximum absolute atomic E-state index is 12.3. The van der Waals surface area contributed by atoms with Gasteiger partial charge < -0.3 is 14.0 Å². The molecule has 130 valence electrons. The summed E-state index contributed by atoms with van der Waals surface area (Å²) in [6.45, 7) is 0.00340. The summed E-state index contributed by atoms with van der Waals surface area (Å²) in [6.07, 6.45) is 3.17. The molecule has 0 aromatic carbocycles. The molecule has 26 heavy (non-hydrogen) atoms. The molecule has 0 saturated carbocycles. The van der Waals surface area contributed by atoms with Crippen LogP contribution in [0.25, 0.3) is 5.52 Å². The Bertz CT molecular complexity index is 1060. The molecule has 0 radical (unpaired) electrons. The first-order valence-corrected chi connectivity index (χ1v) is 8.99. The molecule has 0 spiro atoms. The summed E-state index contributed by atoms with van der Waals surface area (Å²) in [4.78, 5) is 18.4. The molecule has 0 N–H and O–H groups in total. The first-order valence-electron chi connectivity index (χ1n) is 7.79. The lowest BCUT2D eigenvalue weighted by Gasteiger charge is -2.08. The van der Waals surface area contributed by atoms with Crippen molar-refractivity contribution in [2.45, 2.75) is 19.1 Å². The number of nitriles is 1. The zero-order valence-electron chi connectivity index (χ0n) is 13.4. The maximum atomic E-state index is 12.3. The number of oxime groups is 1. The van der Waals surface area contributed by atoms with E-state index in [2.05, 4.69) is 11.2 Å². The zero-order chi connectivity index (χ0) is 18.1. The average molecular weight is 386 g/mol. The van der Waals surface area contributed by atoms with Crippen LogP contribution in [0.15, 0.2) is 47.9 Å². The number of hydrogen-bond donors (Lipinski definition) is 0. The van der Waals surface area contributed by atoms with E-state index in [9.17, 15) is 10.1 Å². The Morgan fingerprint density at radius 1 is 1.46 bits per heavy atom. The minimum atomic E-state index is -0.784. The van der Waals surface area contributed by atoms with Gasteiger partial charge in [-0.05, 0) is 24.3 Å². The molecule has 8 heteroatoms. The van der Waals surface area contributed by atoms with Gasteiger partial charge in [0.1, 0.15) is 18.4 Å². The number of esters is 1. The van der Waals surface area contributed by atoms with Gasteiger partial charge in [0.25, 0.3) is 0 Å². The first-order chi connectivity index (χ1) is 12.7. The highest BCUT2D eigenvalue weighted by molar-refractivity contribution is 7.18. The number of halogens is 1. The van der Waals surface area contributed by atoms with Crippen molar-refractivity contribution in [1.82, 2.24) is 4.40 Å². The van der Waals surface area contributed by atoms with E-state index >= 15 is 0 Å². The molecule has 3 aromatic rings. The normalized spacial score (nSPS) is 16.2. The number of carbonyl (C=O) groups excluding carboxylic acids is 1. The van der Waals surface area contributed by atoms with E-state index in [1.807, 2.05) is 34.9 Å². The quantitative estimate of drug-likeness (QED) is 0.641. The van der Waals surface area contributed by atoms with Crippen molar-refractivity contribution in [3.05, 3.63) is 63.1 Å². The van der Waals surface area contributed by atoms with Crippen LogP contribution in [0.3, 0.4) is 0 Å². The number of rotatable bonds is 4. The Balaban J connectivity index is 1.42. The number of pyridine rings is 1. The molecule has 4 rings (SSSR count). The van der Waals surface area contributed by atoms with Crippen LogP contribution in [-0.4, -0.2) is 22.2 Å². The van der Waals surface area contributed by atoms with E-state index in [0.717, 1.165) is 10.4 Å². The van der Waals surface area contributed by atoms with Crippen molar-refractivity contribution in [2.24, 2.45) is 5.16 Å². The zero-order valence-corrected chi connectivity index (χ0v) is 15.0. The molecule has 6 nitrogen and oxygen atoms in total. The second kappa shape index (κ2) is 6.83. The minimum Gasteiger partial charge on any atom is -0.458 e. The highest BCUT2D eigenvalue weighted by Gasteiger charge is 2.31. The highest BCUT2D eigenvalue weighted by atomic mass is 35.5. The molecule has 3 aromatic heterocycles. The van der Waals surface area contributed by atoms with Crippen molar-refractivity contribution in [3.8, 4) is 6.07 Å². The van der Waals surface area contributed by atoms with Crippen LogP contribution in [0.4, 0.5) is 0 Å².